The van der Waals surface area contributed by atoms with Gasteiger partial charge in [-0.05, 0) is 12.8 Å². The molecule has 0 heterocycles. The molecule has 0 fully saturated rings. The molecule has 0 radical (unpaired) electrons. The van der Waals surface area contributed by atoms with Crippen molar-refractivity contribution in [1.29, 1.82) is 0 Å². The number of aliphatic carboxylic acids is 2. The van der Waals surface area contributed by atoms with Gasteiger partial charge in [0, 0.05) is 5.75 Å². The number of carbonyl (C=O) groups is 2. The quantitative estimate of drug-likeness (QED) is 0.306. The van der Waals surface area contributed by atoms with E-state index in [-0.39, 0.29) is 48.2 Å². The van der Waals surface area contributed by atoms with Crippen LogP contribution in [0.2, 0.25) is 0 Å². The molecular weight excluding hydrogens is 287 g/mol. The van der Waals surface area contributed by atoms with Crippen LogP contribution in [0.15, 0.2) is 12.7 Å². The Hall–Kier alpha value is -0.410. The molecule has 0 aliphatic carbocycles. The van der Waals surface area contributed by atoms with Gasteiger partial charge in [0.1, 0.15) is 0 Å². The van der Waals surface area contributed by atoms with Gasteiger partial charge >= 0.3 is 41.5 Å². The normalized spacial score (nSPS) is 11.3. The summed E-state index contributed by atoms with van der Waals surface area (Å²) in [6.45, 7) is 4.98. The minimum Gasteiger partial charge on any atom is -0.748 e. The Balaban J connectivity index is -0.000000280. The van der Waals surface area contributed by atoms with Gasteiger partial charge in [-0.15, -0.1) is 6.58 Å². The Bertz CT molecular complexity index is 377. The second kappa shape index (κ2) is 12.6. The topological polar surface area (TPSA) is 132 Å². The summed E-state index contributed by atoms with van der Waals surface area (Å²) in [4.78, 5) is 20.4. The number of hydrogen-bond donors (Lipinski definition) is 2. The largest absolute Gasteiger partial charge is 1.00 e. The predicted octanol–water partition coefficient (Wildman–Crippen LogP) is -2.32. The first kappa shape index (κ1) is 23.7. The zero-order chi connectivity index (χ0) is 14.8. The van der Waals surface area contributed by atoms with Crippen molar-refractivity contribution in [1.82, 2.24) is 0 Å². The Labute approximate surface area is 134 Å². The van der Waals surface area contributed by atoms with Crippen LogP contribution in [0.5, 0.6) is 0 Å². The summed E-state index contributed by atoms with van der Waals surface area (Å²) in [6, 6.07) is 0. The second-order valence-electron chi connectivity index (χ2n) is 3.42. The second-order valence-corrected chi connectivity index (χ2v) is 4.94. The number of hydrogen-bond acceptors (Lipinski definition) is 5. The van der Waals surface area contributed by atoms with Crippen LogP contribution in [0.1, 0.15) is 26.2 Å². The first-order chi connectivity index (χ1) is 8.14. The molecule has 0 rings (SSSR count). The van der Waals surface area contributed by atoms with E-state index in [1.807, 2.05) is 0 Å². The molecule has 0 saturated carbocycles. The zero-order valence-corrected chi connectivity index (χ0v) is 13.9. The van der Waals surface area contributed by atoms with Crippen molar-refractivity contribution in [2.45, 2.75) is 26.2 Å². The first-order valence-corrected chi connectivity index (χ1v) is 6.70. The molecule has 1 unspecified atom stereocenters. The number of carboxylic acids is 2. The van der Waals surface area contributed by atoms with Crippen molar-refractivity contribution in [3.8, 4) is 0 Å². The molecule has 0 aromatic carbocycles. The van der Waals surface area contributed by atoms with Gasteiger partial charge in [-0.3, -0.25) is 9.59 Å². The molecule has 106 valence electrons. The predicted molar refractivity (Wildman–Crippen MR) is 63.0 cm³/mol. The van der Waals surface area contributed by atoms with Gasteiger partial charge in [0.2, 0.25) is 0 Å². The fourth-order valence-electron chi connectivity index (χ4n) is 0.933. The average Bonchev–Trinajstić information content (AvgIpc) is 2.15. The van der Waals surface area contributed by atoms with Crippen molar-refractivity contribution < 1.29 is 62.3 Å². The van der Waals surface area contributed by atoms with E-state index in [2.05, 4.69) is 6.58 Å². The average molecular weight is 304 g/mol. The number of allylic oxidation sites excluding steroid dienone is 1. The van der Waals surface area contributed by atoms with E-state index in [1.54, 1.807) is 6.92 Å². The molecule has 2 N–H and O–H groups in total. The minimum atomic E-state index is -3.92. The van der Waals surface area contributed by atoms with Gasteiger partial charge in [-0.25, -0.2) is 8.42 Å². The molecule has 0 aromatic rings. The molecule has 0 aliphatic rings. The van der Waals surface area contributed by atoms with Crippen molar-refractivity contribution in [3.05, 3.63) is 12.7 Å². The molecule has 0 amide bonds. The van der Waals surface area contributed by atoms with E-state index < -0.39 is 28.0 Å². The third kappa shape index (κ3) is 20.1. The zero-order valence-electron chi connectivity index (χ0n) is 11.0. The van der Waals surface area contributed by atoms with Crippen molar-refractivity contribution in [2.24, 2.45) is 5.92 Å². The maximum absolute atomic E-state index is 10.3. The van der Waals surface area contributed by atoms with Crippen LogP contribution in [0.25, 0.3) is 0 Å². The summed E-state index contributed by atoms with van der Waals surface area (Å²) in [7, 11) is -3.92. The summed E-state index contributed by atoms with van der Waals surface area (Å²) in [5.41, 5.74) is 0. The van der Waals surface area contributed by atoms with Crippen LogP contribution < -0.4 is 29.6 Å². The third-order valence-electron chi connectivity index (χ3n) is 1.68. The van der Waals surface area contributed by atoms with Crippen molar-refractivity contribution in [3.63, 3.8) is 0 Å². The van der Waals surface area contributed by atoms with Gasteiger partial charge in [0.05, 0.1) is 22.5 Å². The standard InChI is InChI=1S/C7H10O4.C3H8O3S.Na/c1-2-3-5(7(10)11)4-6(8)9;1-2-3-7(4,5)6;/h2,5H,1,3-4H2,(H,8,9)(H,10,11);2-3H2,1H3,(H,4,5,6);/q;;+1/p-1. The van der Waals surface area contributed by atoms with Crippen LogP contribution in [-0.2, 0) is 19.7 Å². The molecule has 1 atom stereocenters. The van der Waals surface area contributed by atoms with Crippen LogP contribution in [-0.4, -0.2) is 40.9 Å². The van der Waals surface area contributed by atoms with E-state index in [0.717, 1.165) is 0 Å². The Morgan fingerprint density at radius 2 is 1.84 bits per heavy atom. The molecular formula is C10H17NaO7S. The van der Waals surface area contributed by atoms with Gasteiger partial charge in [0.25, 0.3) is 0 Å². The van der Waals surface area contributed by atoms with Crippen LogP contribution in [0.4, 0.5) is 0 Å². The summed E-state index contributed by atoms with van der Waals surface area (Å²) in [6.07, 6.45) is 1.66. The van der Waals surface area contributed by atoms with Gasteiger partial charge in [0.15, 0.2) is 0 Å². The number of carboxylic acid groups (broad SMARTS) is 2. The molecule has 7 nitrogen and oxygen atoms in total. The molecule has 19 heavy (non-hydrogen) atoms. The van der Waals surface area contributed by atoms with Crippen molar-refractivity contribution >= 4 is 22.1 Å². The fourth-order valence-corrected chi connectivity index (χ4v) is 1.43. The van der Waals surface area contributed by atoms with E-state index in [9.17, 15) is 22.6 Å². The maximum atomic E-state index is 10.3. The van der Waals surface area contributed by atoms with E-state index in [0.29, 0.717) is 6.42 Å². The summed E-state index contributed by atoms with van der Waals surface area (Å²) >= 11 is 0. The van der Waals surface area contributed by atoms with E-state index in [4.69, 9.17) is 10.2 Å². The van der Waals surface area contributed by atoms with Crippen LogP contribution >= 0.6 is 0 Å². The Morgan fingerprint density at radius 3 is 2.00 bits per heavy atom. The molecule has 0 saturated heterocycles. The summed E-state index contributed by atoms with van der Waals surface area (Å²) in [5.74, 6) is -3.27. The molecule has 0 spiro atoms. The molecule has 0 aromatic heterocycles. The Morgan fingerprint density at radius 1 is 1.37 bits per heavy atom. The molecule has 0 bridgehead atoms. The van der Waals surface area contributed by atoms with Crippen molar-refractivity contribution in [2.75, 3.05) is 5.75 Å². The monoisotopic (exact) mass is 304 g/mol. The summed E-state index contributed by atoms with van der Waals surface area (Å²) in [5, 5.41) is 16.7. The smallest absolute Gasteiger partial charge is 0.748 e. The van der Waals surface area contributed by atoms with E-state index in [1.165, 1.54) is 6.08 Å². The van der Waals surface area contributed by atoms with Gasteiger partial charge in [-0.2, -0.15) is 0 Å². The summed E-state index contributed by atoms with van der Waals surface area (Å²) < 4.78 is 29.0. The fraction of sp³-hybridized carbons (Fsp3) is 0.600. The first-order valence-electron chi connectivity index (χ1n) is 5.13. The van der Waals surface area contributed by atoms with Gasteiger partial charge in [-0.1, -0.05) is 13.0 Å². The van der Waals surface area contributed by atoms with Crippen LogP contribution in [0, 0.1) is 5.92 Å². The van der Waals surface area contributed by atoms with E-state index >= 15 is 0 Å². The maximum Gasteiger partial charge on any atom is 1.00 e. The Kier molecular flexibility index (Phi) is 15.7. The SMILES string of the molecule is C=CCC(CC(=O)O)C(=O)O.CCCS(=O)(=O)[O-].[Na+]. The molecule has 9 heteroatoms. The van der Waals surface area contributed by atoms with Gasteiger partial charge < -0.3 is 14.8 Å². The number of rotatable bonds is 7. The minimum absolute atomic E-state index is 0. The molecule has 0 aliphatic heterocycles. The van der Waals surface area contributed by atoms with Crippen LogP contribution in [0.3, 0.4) is 0 Å². The third-order valence-corrected chi connectivity index (χ3v) is 2.58.